The van der Waals surface area contributed by atoms with Crippen LogP contribution in [0.4, 0.5) is 0 Å². The van der Waals surface area contributed by atoms with E-state index in [9.17, 15) is 24.0 Å². The molecule has 5 amide bonds. The molecule has 1 aliphatic carbocycles. The van der Waals surface area contributed by atoms with Gasteiger partial charge < -0.3 is 10.5 Å². The lowest BCUT2D eigenvalue weighted by atomic mass is 9.79. The minimum Gasteiger partial charge on any atom is -0.368 e. The monoisotopic (exact) mass is 337 g/mol. The summed E-state index contributed by atoms with van der Waals surface area (Å²) < 4.78 is 5.43. The van der Waals surface area contributed by atoms with Gasteiger partial charge >= 0.3 is 0 Å². The van der Waals surface area contributed by atoms with Crippen LogP contribution in [0, 0.1) is 11.8 Å². The Labute approximate surface area is 137 Å². The van der Waals surface area contributed by atoms with Gasteiger partial charge in [-0.2, -0.15) is 0 Å². The average Bonchev–Trinajstić information content (AvgIpc) is 2.78. The van der Waals surface area contributed by atoms with Gasteiger partial charge in [0.1, 0.15) is 12.6 Å². The molecule has 24 heavy (non-hydrogen) atoms. The van der Waals surface area contributed by atoms with Crippen LogP contribution >= 0.6 is 0 Å². The number of rotatable bonds is 4. The number of primary amides is 1. The number of hydrogen-bond donors (Lipinski definition) is 2. The zero-order valence-corrected chi connectivity index (χ0v) is 13.0. The summed E-state index contributed by atoms with van der Waals surface area (Å²) in [6.07, 6.45) is 1.43. The average molecular weight is 337 g/mol. The number of nitrogens with one attached hydrogen (secondary N) is 1. The van der Waals surface area contributed by atoms with Crippen molar-refractivity contribution >= 4 is 29.5 Å². The van der Waals surface area contributed by atoms with Crippen molar-refractivity contribution in [2.45, 2.75) is 44.2 Å². The highest BCUT2D eigenvalue weighted by atomic mass is 16.5. The number of hydrogen-bond acceptors (Lipinski definition) is 6. The highest BCUT2D eigenvalue weighted by Gasteiger charge is 2.56. The first-order chi connectivity index (χ1) is 11.4. The molecule has 0 aromatic heterocycles. The molecule has 2 heterocycles. The van der Waals surface area contributed by atoms with E-state index in [1.165, 1.54) is 0 Å². The zero-order chi connectivity index (χ0) is 17.4. The molecule has 0 spiro atoms. The van der Waals surface area contributed by atoms with Crippen molar-refractivity contribution < 1.29 is 28.7 Å². The number of amides is 5. The molecule has 1 saturated carbocycles. The van der Waals surface area contributed by atoms with Gasteiger partial charge in [0, 0.05) is 6.42 Å². The van der Waals surface area contributed by atoms with E-state index >= 15 is 0 Å². The summed E-state index contributed by atoms with van der Waals surface area (Å²) >= 11 is 0. The SMILES string of the molecule is NC(=O)COC1CCCC2C(=O)N(C3CCC(=O)NC3=O)C(=O)C12. The number of nitrogens with zero attached hydrogens (tertiary/aromatic N) is 1. The van der Waals surface area contributed by atoms with E-state index in [1.54, 1.807) is 0 Å². The van der Waals surface area contributed by atoms with Crippen LogP contribution in [-0.2, 0) is 28.7 Å². The van der Waals surface area contributed by atoms with E-state index in [4.69, 9.17) is 10.5 Å². The quantitative estimate of drug-likeness (QED) is 0.596. The number of ether oxygens (including phenoxy) is 1. The number of imide groups is 2. The van der Waals surface area contributed by atoms with Crippen molar-refractivity contribution in [3.8, 4) is 0 Å². The first-order valence-electron chi connectivity index (χ1n) is 8.00. The summed E-state index contributed by atoms with van der Waals surface area (Å²) in [5.74, 6) is -3.78. The molecular formula is C15H19N3O6. The summed E-state index contributed by atoms with van der Waals surface area (Å²) in [5.41, 5.74) is 5.07. The van der Waals surface area contributed by atoms with Gasteiger partial charge in [-0.25, -0.2) is 0 Å². The summed E-state index contributed by atoms with van der Waals surface area (Å²) in [4.78, 5) is 60.6. The second-order valence-electron chi connectivity index (χ2n) is 6.39. The second-order valence-corrected chi connectivity index (χ2v) is 6.39. The van der Waals surface area contributed by atoms with E-state index in [-0.39, 0.29) is 19.4 Å². The van der Waals surface area contributed by atoms with E-state index in [0.717, 1.165) is 4.90 Å². The number of carbonyl (C=O) groups is 5. The molecule has 2 aliphatic heterocycles. The van der Waals surface area contributed by atoms with Gasteiger partial charge in [0.15, 0.2) is 0 Å². The minimum absolute atomic E-state index is 0.0877. The first-order valence-corrected chi connectivity index (χ1v) is 8.00. The molecule has 9 heteroatoms. The Hall–Kier alpha value is -2.29. The minimum atomic E-state index is -0.954. The summed E-state index contributed by atoms with van der Waals surface area (Å²) in [6.45, 7) is -0.312. The molecule has 3 N–H and O–H groups in total. The van der Waals surface area contributed by atoms with Crippen LogP contribution in [0.1, 0.15) is 32.1 Å². The number of carbonyl (C=O) groups excluding carboxylic acids is 5. The molecule has 9 nitrogen and oxygen atoms in total. The lowest BCUT2D eigenvalue weighted by Crippen LogP contribution is -2.54. The topological polar surface area (TPSA) is 136 Å². The van der Waals surface area contributed by atoms with Crippen molar-refractivity contribution in [1.82, 2.24) is 10.2 Å². The van der Waals surface area contributed by atoms with Crippen LogP contribution in [0.3, 0.4) is 0 Å². The van der Waals surface area contributed by atoms with E-state index < -0.39 is 53.5 Å². The molecule has 0 bridgehead atoms. The van der Waals surface area contributed by atoms with Crippen molar-refractivity contribution in [1.29, 1.82) is 0 Å². The maximum Gasteiger partial charge on any atom is 0.249 e. The number of piperidine rings is 1. The van der Waals surface area contributed by atoms with Crippen molar-refractivity contribution in [3.05, 3.63) is 0 Å². The lowest BCUT2D eigenvalue weighted by Gasteiger charge is -2.30. The molecule has 3 aliphatic rings. The third-order valence-corrected chi connectivity index (χ3v) is 4.88. The van der Waals surface area contributed by atoms with Crippen molar-refractivity contribution in [2.75, 3.05) is 6.61 Å². The summed E-state index contributed by atoms with van der Waals surface area (Å²) in [6, 6.07) is -0.954. The second kappa shape index (κ2) is 6.31. The van der Waals surface area contributed by atoms with Crippen LogP contribution in [0.2, 0.25) is 0 Å². The fourth-order valence-corrected chi connectivity index (χ4v) is 3.83. The van der Waals surface area contributed by atoms with Crippen molar-refractivity contribution in [2.24, 2.45) is 17.6 Å². The Kier molecular flexibility index (Phi) is 4.35. The molecule has 3 rings (SSSR count). The smallest absolute Gasteiger partial charge is 0.249 e. The normalized spacial score (nSPS) is 33.4. The van der Waals surface area contributed by atoms with E-state index in [2.05, 4.69) is 5.32 Å². The first kappa shape index (κ1) is 16.6. The van der Waals surface area contributed by atoms with Gasteiger partial charge in [0.25, 0.3) is 0 Å². The molecule has 0 radical (unpaired) electrons. The van der Waals surface area contributed by atoms with Crippen LogP contribution in [0.5, 0.6) is 0 Å². The molecule has 4 atom stereocenters. The van der Waals surface area contributed by atoms with Crippen LogP contribution in [0.25, 0.3) is 0 Å². The molecule has 130 valence electrons. The maximum atomic E-state index is 12.8. The standard InChI is InChI=1S/C15H19N3O6/c16-10(19)6-24-9-3-1-2-7-12(9)15(23)18(14(7)22)8-4-5-11(20)17-13(8)21/h7-9,12H,1-6H2,(H2,16,19)(H,17,20,21). The molecule has 2 saturated heterocycles. The Morgan fingerprint density at radius 1 is 1.17 bits per heavy atom. The van der Waals surface area contributed by atoms with Gasteiger partial charge in [-0.1, -0.05) is 6.42 Å². The van der Waals surface area contributed by atoms with Crippen LogP contribution < -0.4 is 11.1 Å². The van der Waals surface area contributed by atoms with E-state index in [1.807, 2.05) is 0 Å². The van der Waals surface area contributed by atoms with Crippen LogP contribution in [0.15, 0.2) is 0 Å². The Morgan fingerprint density at radius 3 is 2.58 bits per heavy atom. The molecular weight excluding hydrogens is 318 g/mol. The molecule has 0 aromatic carbocycles. The Morgan fingerprint density at radius 2 is 1.92 bits per heavy atom. The Bertz CT molecular complexity index is 618. The zero-order valence-electron chi connectivity index (χ0n) is 13.0. The van der Waals surface area contributed by atoms with Gasteiger partial charge in [-0.05, 0) is 19.3 Å². The lowest BCUT2D eigenvalue weighted by molar-refractivity contribution is -0.152. The fourth-order valence-electron chi connectivity index (χ4n) is 3.83. The molecule has 0 aromatic rings. The van der Waals surface area contributed by atoms with E-state index in [0.29, 0.717) is 19.3 Å². The van der Waals surface area contributed by atoms with Crippen LogP contribution in [-0.4, -0.2) is 53.2 Å². The number of fused-ring (bicyclic) bond motifs is 1. The van der Waals surface area contributed by atoms with Gasteiger partial charge in [0.2, 0.25) is 29.5 Å². The molecule has 4 unspecified atom stereocenters. The fraction of sp³-hybridized carbons (Fsp3) is 0.667. The third-order valence-electron chi connectivity index (χ3n) is 4.88. The maximum absolute atomic E-state index is 12.8. The highest BCUT2D eigenvalue weighted by molar-refractivity contribution is 6.11. The molecule has 3 fully saturated rings. The van der Waals surface area contributed by atoms with Gasteiger partial charge in [-0.3, -0.25) is 34.2 Å². The largest absolute Gasteiger partial charge is 0.368 e. The highest BCUT2D eigenvalue weighted by Crippen LogP contribution is 2.41. The van der Waals surface area contributed by atoms with Crippen molar-refractivity contribution in [3.63, 3.8) is 0 Å². The summed E-state index contributed by atoms with van der Waals surface area (Å²) in [7, 11) is 0. The predicted molar refractivity (Wildman–Crippen MR) is 77.8 cm³/mol. The summed E-state index contributed by atoms with van der Waals surface area (Å²) in [5, 5.41) is 2.16. The van der Waals surface area contributed by atoms with Gasteiger partial charge in [0.05, 0.1) is 17.9 Å². The predicted octanol–water partition coefficient (Wildman–Crippen LogP) is -1.55. The Balaban J connectivity index is 1.80. The third kappa shape index (κ3) is 2.79. The van der Waals surface area contributed by atoms with Gasteiger partial charge in [-0.15, -0.1) is 0 Å². The number of likely N-dealkylation sites (tertiary alicyclic amines) is 1. The number of nitrogens with two attached hydrogens (primary N) is 1.